The van der Waals surface area contributed by atoms with Gasteiger partial charge in [-0.2, -0.15) is 0 Å². The summed E-state index contributed by atoms with van der Waals surface area (Å²) in [4.78, 5) is 13.8. The Morgan fingerprint density at radius 3 is 2.60 bits per heavy atom. The third-order valence-corrected chi connectivity index (χ3v) is 5.97. The molecule has 0 aromatic heterocycles. The summed E-state index contributed by atoms with van der Waals surface area (Å²) in [5.74, 6) is -0.114. The van der Waals surface area contributed by atoms with Gasteiger partial charge in [-0.1, -0.05) is 12.1 Å². The van der Waals surface area contributed by atoms with Crippen LogP contribution in [0, 0.1) is 0 Å². The van der Waals surface area contributed by atoms with Crippen LogP contribution in [0.5, 0.6) is 0 Å². The van der Waals surface area contributed by atoms with E-state index in [-0.39, 0.29) is 17.2 Å². The number of hydrogen-bond acceptors (Lipinski definition) is 4. The van der Waals surface area contributed by atoms with Crippen LogP contribution in [-0.2, 0) is 21.2 Å². The molecular weight excluding hydrogens is 338 g/mol. The van der Waals surface area contributed by atoms with Crippen LogP contribution in [0.25, 0.3) is 0 Å². The molecule has 1 saturated heterocycles. The minimum Gasteiger partial charge on any atom is -0.370 e. The van der Waals surface area contributed by atoms with Crippen LogP contribution in [0.1, 0.15) is 18.4 Å². The Balaban J connectivity index is 1.65. The van der Waals surface area contributed by atoms with Crippen molar-refractivity contribution in [2.45, 2.75) is 24.2 Å². The molecule has 0 aliphatic carbocycles. The second kappa shape index (κ2) is 6.07. The van der Waals surface area contributed by atoms with Crippen LogP contribution in [0.2, 0.25) is 0 Å². The van der Waals surface area contributed by atoms with Crippen LogP contribution in [-0.4, -0.2) is 27.4 Å². The molecule has 1 fully saturated rings. The summed E-state index contributed by atoms with van der Waals surface area (Å²) in [7, 11) is -3.72. The number of nitrogens with zero attached hydrogens (tertiary/aromatic N) is 1. The molecule has 4 rings (SSSR count). The van der Waals surface area contributed by atoms with Crippen molar-refractivity contribution in [1.29, 1.82) is 0 Å². The van der Waals surface area contributed by atoms with Crippen molar-refractivity contribution in [3.8, 4) is 0 Å². The number of hydrogen-bond donors (Lipinski definition) is 2. The van der Waals surface area contributed by atoms with Crippen LogP contribution >= 0.6 is 0 Å². The van der Waals surface area contributed by atoms with Crippen molar-refractivity contribution in [1.82, 2.24) is 0 Å². The molecule has 0 unspecified atom stereocenters. The van der Waals surface area contributed by atoms with Crippen molar-refractivity contribution in [3.63, 3.8) is 0 Å². The minimum absolute atomic E-state index is 0.114. The molecule has 0 spiro atoms. The number of fused-ring (bicyclic) bond motifs is 1. The lowest BCUT2D eigenvalue weighted by Crippen LogP contribution is -2.21. The van der Waals surface area contributed by atoms with Crippen molar-refractivity contribution in [2.75, 3.05) is 28.0 Å². The molecule has 0 bridgehead atoms. The topological polar surface area (TPSA) is 78.5 Å². The maximum absolute atomic E-state index is 12.8. The van der Waals surface area contributed by atoms with Crippen LogP contribution in [0.4, 0.5) is 17.1 Å². The van der Waals surface area contributed by atoms with Gasteiger partial charge in [-0.05, 0) is 48.7 Å². The highest BCUT2D eigenvalue weighted by atomic mass is 32.2. The highest BCUT2D eigenvalue weighted by molar-refractivity contribution is 7.92. The monoisotopic (exact) mass is 357 g/mol. The van der Waals surface area contributed by atoms with Crippen LogP contribution < -0.4 is 14.9 Å². The predicted molar refractivity (Wildman–Crippen MR) is 97.5 cm³/mol. The zero-order valence-electron chi connectivity index (χ0n) is 13.7. The average molecular weight is 357 g/mol. The first-order valence-electron chi connectivity index (χ1n) is 8.32. The van der Waals surface area contributed by atoms with E-state index in [2.05, 4.69) is 14.9 Å². The largest absolute Gasteiger partial charge is 0.370 e. The average Bonchev–Trinajstić information content (AvgIpc) is 3.22. The van der Waals surface area contributed by atoms with E-state index in [9.17, 15) is 13.2 Å². The van der Waals surface area contributed by atoms with Gasteiger partial charge in [0.2, 0.25) is 5.91 Å². The molecule has 2 aliphatic heterocycles. The van der Waals surface area contributed by atoms with E-state index in [4.69, 9.17) is 0 Å². The van der Waals surface area contributed by atoms with Gasteiger partial charge < -0.3 is 10.2 Å². The molecule has 2 aromatic carbocycles. The highest BCUT2D eigenvalue weighted by Gasteiger charge is 2.23. The Morgan fingerprint density at radius 2 is 1.80 bits per heavy atom. The Kier molecular flexibility index (Phi) is 3.88. The highest BCUT2D eigenvalue weighted by Crippen LogP contribution is 2.31. The first-order chi connectivity index (χ1) is 12.0. The number of amides is 1. The molecule has 2 heterocycles. The fourth-order valence-corrected chi connectivity index (χ4v) is 4.49. The quantitative estimate of drug-likeness (QED) is 0.882. The van der Waals surface area contributed by atoms with Gasteiger partial charge in [0.1, 0.15) is 0 Å². The van der Waals surface area contributed by atoms with Crippen molar-refractivity contribution >= 4 is 33.0 Å². The Hall–Kier alpha value is -2.54. The SMILES string of the molecule is O=C1Cc2cc(S(=O)(=O)Nc3ccccc3N3CCCC3)ccc2N1. The molecule has 2 aromatic rings. The molecule has 25 heavy (non-hydrogen) atoms. The number of carbonyl (C=O) groups excluding carboxylic acids is 1. The van der Waals surface area contributed by atoms with E-state index >= 15 is 0 Å². The van der Waals surface area contributed by atoms with Gasteiger partial charge in [0.05, 0.1) is 22.7 Å². The van der Waals surface area contributed by atoms with Gasteiger partial charge >= 0.3 is 0 Å². The van der Waals surface area contributed by atoms with E-state index in [0.29, 0.717) is 16.9 Å². The molecule has 1 amide bonds. The lowest BCUT2D eigenvalue weighted by Gasteiger charge is -2.22. The zero-order chi connectivity index (χ0) is 17.4. The summed E-state index contributed by atoms with van der Waals surface area (Å²) >= 11 is 0. The zero-order valence-corrected chi connectivity index (χ0v) is 14.5. The van der Waals surface area contributed by atoms with Gasteiger partial charge in [-0.15, -0.1) is 0 Å². The van der Waals surface area contributed by atoms with E-state index in [1.807, 2.05) is 18.2 Å². The molecule has 0 saturated carbocycles. The summed E-state index contributed by atoms with van der Waals surface area (Å²) in [6.45, 7) is 1.87. The van der Waals surface area contributed by atoms with Gasteiger partial charge in [0.15, 0.2) is 0 Å². The number of sulfonamides is 1. The van der Waals surface area contributed by atoms with E-state index in [0.717, 1.165) is 31.6 Å². The van der Waals surface area contributed by atoms with Gasteiger partial charge in [0.25, 0.3) is 10.0 Å². The maximum Gasteiger partial charge on any atom is 0.261 e. The summed E-state index contributed by atoms with van der Waals surface area (Å²) in [5, 5.41) is 2.71. The predicted octanol–water partition coefficient (Wildman–Crippen LogP) is 2.58. The molecular formula is C18H19N3O3S. The second-order valence-corrected chi connectivity index (χ2v) is 8.04. The fourth-order valence-electron chi connectivity index (χ4n) is 3.37. The van der Waals surface area contributed by atoms with Crippen molar-refractivity contribution in [3.05, 3.63) is 48.0 Å². The summed E-state index contributed by atoms with van der Waals surface area (Å²) in [6.07, 6.45) is 2.45. The van der Waals surface area contributed by atoms with Crippen molar-refractivity contribution < 1.29 is 13.2 Å². The molecule has 2 N–H and O–H groups in total. The van der Waals surface area contributed by atoms with E-state index in [1.165, 1.54) is 6.07 Å². The number of rotatable bonds is 4. The first kappa shape index (κ1) is 16.0. The first-order valence-corrected chi connectivity index (χ1v) is 9.81. The number of para-hydroxylation sites is 2. The Labute approximate surface area is 146 Å². The molecule has 6 nitrogen and oxygen atoms in total. The minimum atomic E-state index is -3.72. The smallest absolute Gasteiger partial charge is 0.261 e. The summed E-state index contributed by atoms with van der Waals surface area (Å²) in [5.41, 5.74) is 2.88. The standard InChI is InChI=1S/C18H19N3O3S/c22-18-12-13-11-14(7-8-15(13)19-18)25(23,24)20-16-5-1-2-6-17(16)21-9-3-4-10-21/h1-2,5-8,11,20H,3-4,9-10,12H2,(H,19,22). The number of anilines is 3. The Bertz CT molecular complexity index is 934. The lowest BCUT2D eigenvalue weighted by atomic mass is 10.2. The van der Waals surface area contributed by atoms with Gasteiger partial charge in [0, 0.05) is 18.8 Å². The summed E-state index contributed by atoms with van der Waals surface area (Å²) in [6, 6.07) is 12.2. The van der Waals surface area contributed by atoms with Crippen LogP contribution in [0.3, 0.4) is 0 Å². The maximum atomic E-state index is 12.8. The molecule has 0 atom stereocenters. The van der Waals surface area contributed by atoms with Gasteiger partial charge in [-0.25, -0.2) is 8.42 Å². The molecule has 7 heteroatoms. The van der Waals surface area contributed by atoms with Gasteiger partial charge in [-0.3, -0.25) is 9.52 Å². The van der Waals surface area contributed by atoms with Crippen molar-refractivity contribution in [2.24, 2.45) is 0 Å². The van der Waals surface area contributed by atoms with Crippen LogP contribution in [0.15, 0.2) is 47.4 Å². The second-order valence-electron chi connectivity index (χ2n) is 6.36. The third kappa shape index (κ3) is 3.07. The molecule has 0 radical (unpaired) electrons. The molecule has 130 valence electrons. The molecule has 2 aliphatic rings. The van der Waals surface area contributed by atoms with E-state index in [1.54, 1.807) is 18.2 Å². The Morgan fingerprint density at radius 1 is 1.04 bits per heavy atom. The summed E-state index contributed by atoms with van der Waals surface area (Å²) < 4.78 is 28.3. The fraction of sp³-hybridized carbons (Fsp3) is 0.278. The third-order valence-electron chi connectivity index (χ3n) is 4.61. The number of nitrogens with one attached hydrogen (secondary N) is 2. The number of benzene rings is 2. The lowest BCUT2D eigenvalue weighted by molar-refractivity contribution is -0.115. The van der Waals surface area contributed by atoms with E-state index < -0.39 is 10.0 Å². The number of carbonyl (C=O) groups is 1. The normalized spacial score (nSPS) is 16.6.